The van der Waals surface area contributed by atoms with E-state index in [-0.39, 0.29) is 77.5 Å². The average Bonchev–Trinajstić information content (AvgIpc) is 3.39. The summed E-state index contributed by atoms with van der Waals surface area (Å²) in [6, 6.07) is -14.2. The monoisotopic (exact) mass is 1160 g/mol. The van der Waals surface area contributed by atoms with Gasteiger partial charge in [-0.1, -0.05) is 0 Å². The van der Waals surface area contributed by atoms with Gasteiger partial charge < -0.3 is 112 Å². The van der Waals surface area contributed by atoms with Gasteiger partial charge in [0.2, 0.25) is 59.1 Å². The molecule has 9 atom stereocenters. The molecule has 0 spiro atoms. The predicted molar refractivity (Wildman–Crippen MR) is 286 cm³/mol. The lowest BCUT2D eigenvalue weighted by atomic mass is 10.0. The van der Waals surface area contributed by atoms with Crippen LogP contribution in [0.25, 0.3) is 0 Å². The van der Waals surface area contributed by atoms with Crippen LogP contribution >= 0.6 is 0 Å². The summed E-state index contributed by atoms with van der Waals surface area (Å²) in [6.07, 6.45) is -2.29. The van der Waals surface area contributed by atoms with Gasteiger partial charge in [-0.05, 0) is 77.7 Å². The standard InChI is InChI=1S/C45H82N20O16/c1-22(34(73)64-29(19-33(71)72)35(74)53-3)57-41(80)31(21-67)65-39(78)27(12-8-18-56-45(51)52)61-37(76)25(10-6-16-54-43(47)48)60-36(75)24(9-4-5-15-46)59-40(79)28(13-14-32(69)70)63-38(77)26(11-7-17-55-44(49)50)62-42(81)30(20-66)58-23(2)68/h22,24-31,66-67H,4-21,46H2,1-3H3,(H,53,74)(H,57,80)(H,58,68)(H,59,79)(H,60,75)(H,61,76)(H,62,81)(H,63,77)(H,64,73)(H,65,78)(H,69,70)(H,71,72)(H4,47,48,54)(H4,49,50,55)(H4,51,52,56)/t22-,24-,25-,26-,27-,28-,29-,30-,31-/m0/s1. The summed E-state index contributed by atoms with van der Waals surface area (Å²) < 4.78 is 0. The first-order chi connectivity index (χ1) is 38.1. The second-order valence-electron chi connectivity index (χ2n) is 18.2. The number of carboxylic acids is 2. The van der Waals surface area contributed by atoms with E-state index >= 15 is 0 Å². The minimum absolute atomic E-state index is 0.0178. The molecule has 0 aromatic heterocycles. The first-order valence-corrected chi connectivity index (χ1v) is 25.6. The molecule has 36 heteroatoms. The average molecular weight is 1160 g/mol. The molecule has 0 rings (SSSR count). The Hall–Kier alpha value is -8.67. The van der Waals surface area contributed by atoms with Crippen LogP contribution < -0.4 is 92.1 Å². The fraction of sp³-hybridized carbons (Fsp3) is 0.667. The third-order valence-electron chi connectivity index (χ3n) is 11.4. The predicted octanol–water partition coefficient (Wildman–Crippen LogP) is -9.62. The molecule has 0 aliphatic heterocycles. The molecule has 36 nitrogen and oxygen atoms in total. The van der Waals surface area contributed by atoms with Crippen LogP contribution in [0.4, 0.5) is 0 Å². The second kappa shape index (κ2) is 39.7. The number of carbonyl (C=O) groups excluding carboxylic acids is 10. The van der Waals surface area contributed by atoms with E-state index in [1.807, 2.05) is 0 Å². The SMILES string of the molecule is CNC(=O)[C@H](CC(=O)O)NC(=O)[C@H](C)NC(=O)[C@H](CO)NC(=O)[C@H](CCCNC(=N)N)NC(=O)[C@H](CCCNC(=N)N)NC(=O)[C@H](CCCCN)NC(=O)[C@H](CCC(=O)O)NC(=O)[C@H](CCCNC(=N)N)NC(=O)[C@H](CO)NC(C)=O. The van der Waals surface area contributed by atoms with Crippen LogP contribution in [-0.2, 0) is 57.5 Å². The third kappa shape index (κ3) is 31.5. The number of carboxylic acid groups (broad SMARTS) is 2. The van der Waals surface area contributed by atoms with Gasteiger partial charge >= 0.3 is 11.9 Å². The van der Waals surface area contributed by atoms with Crippen molar-refractivity contribution in [3.63, 3.8) is 0 Å². The smallest absolute Gasteiger partial charge is 0.305 e. The summed E-state index contributed by atoms with van der Waals surface area (Å²) in [5.41, 5.74) is 21.9. The molecule has 10 amide bonds. The highest BCUT2D eigenvalue weighted by molar-refractivity contribution is 5.99. The molecule has 0 aliphatic carbocycles. The molecule has 28 N–H and O–H groups in total. The Balaban J connectivity index is 6.99. The van der Waals surface area contributed by atoms with Gasteiger partial charge in [-0.25, -0.2) is 0 Å². The van der Waals surface area contributed by atoms with Gasteiger partial charge in [-0.2, -0.15) is 0 Å². The van der Waals surface area contributed by atoms with Gasteiger partial charge in [-0.3, -0.25) is 73.8 Å². The van der Waals surface area contributed by atoms with Crippen molar-refractivity contribution in [2.45, 2.75) is 145 Å². The summed E-state index contributed by atoms with van der Waals surface area (Å²) in [7, 11) is 1.20. The first kappa shape index (κ1) is 72.3. The number of rotatable bonds is 41. The van der Waals surface area contributed by atoms with Crippen LogP contribution in [0.1, 0.15) is 90.9 Å². The molecule has 0 saturated carbocycles. The van der Waals surface area contributed by atoms with Gasteiger partial charge in [0.15, 0.2) is 17.9 Å². The van der Waals surface area contributed by atoms with Crippen molar-refractivity contribution in [3.8, 4) is 0 Å². The highest BCUT2D eigenvalue weighted by Crippen LogP contribution is 2.10. The molecule has 0 aromatic carbocycles. The van der Waals surface area contributed by atoms with Gasteiger partial charge in [-0.15, -0.1) is 0 Å². The van der Waals surface area contributed by atoms with Gasteiger partial charge in [0.25, 0.3) is 0 Å². The number of guanidine groups is 3. The maximum atomic E-state index is 14.3. The highest BCUT2D eigenvalue weighted by atomic mass is 16.4. The number of nitrogens with two attached hydrogens (primary N) is 4. The Morgan fingerprint density at radius 1 is 0.420 bits per heavy atom. The van der Waals surface area contributed by atoms with Crippen LogP contribution in [0.2, 0.25) is 0 Å². The fourth-order valence-electron chi connectivity index (χ4n) is 7.19. The van der Waals surface area contributed by atoms with E-state index in [2.05, 4.69) is 69.1 Å². The molecule has 0 fully saturated rings. The summed E-state index contributed by atoms with van der Waals surface area (Å²) >= 11 is 0. The van der Waals surface area contributed by atoms with E-state index in [0.717, 1.165) is 13.8 Å². The maximum Gasteiger partial charge on any atom is 0.305 e. The number of carbonyl (C=O) groups is 12. The largest absolute Gasteiger partial charge is 0.481 e. The van der Waals surface area contributed by atoms with Crippen molar-refractivity contribution in [2.75, 3.05) is 46.4 Å². The maximum absolute atomic E-state index is 14.3. The summed E-state index contributed by atoms with van der Waals surface area (Å²) in [6.45, 7) is 0.414. The number of unbranched alkanes of at least 4 members (excludes halogenated alkanes) is 1. The summed E-state index contributed by atoms with van der Waals surface area (Å²) in [5, 5.41) is 92.0. The molecule has 0 aliphatic rings. The lowest BCUT2D eigenvalue weighted by Crippen LogP contribution is -2.61. The third-order valence-corrected chi connectivity index (χ3v) is 11.4. The molecule has 0 radical (unpaired) electrons. The van der Waals surface area contributed by atoms with Crippen LogP contribution in [0.15, 0.2) is 0 Å². The topological polar surface area (TPSA) is 618 Å². The number of amides is 10. The van der Waals surface area contributed by atoms with Crippen molar-refractivity contribution in [1.29, 1.82) is 16.2 Å². The zero-order chi connectivity index (χ0) is 61.8. The van der Waals surface area contributed by atoms with Crippen molar-refractivity contribution in [1.82, 2.24) is 69.1 Å². The van der Waals surface area contributed by atoms with Gasteiger partial charge in [0.05, 0.1) is 19.6 Å². The number of hydrogen-bond acceptors (Lipinski definition) is 18. The van der Waals surface area contributed by atoms with E-state index in [4.69, 9.17) is 39.2 Å². The van der Waals surface area contributed by atoms with E-state index in [1.165, 1.54) is 7.05 Å². The zero-order valence-corrected chi connectivity index (χ0v) is 45.4. The van der Waals surface area contributed by atoms with Crippen LogP contribution in [-0.4, -0.2) is 210 Å². The van der Waals surface area contributed by atoms with E-state index < -0.39 is 176 Å². The molecule has 458 valence electrons. The lowest BCUT2D eigenvalue weighted by molar-refractivity contribution is -0.141. The second-order valence-corrected chi connectivity index (χ2v) is 18.2. The van der Waals surface area contributed by atoms with Crippen molar-refractivity contribution in [2.24, 2.45) is 22.9 Å². The summed E-state index contributed by atoms with van der Waals surface area (Å²) in [5.74, 6) is -14.1. The fourth-order valence-corrected chi connectivity index (χ4v) is 7.19. The van der Waals surface area contributed by atoms with Crippen molar-refractivity contribution >= 4 is 88.9 Å². The number of nitrogens with one attached hydrogen (secondary N) is 16. The normalized spacial score (nSPS) is 14.0. The highest BCUT2D eigenvalue weighted by Gasteiger charge is 2.35. The van der Waals surface area contributed by atoms with Crippen molar-refractivity contribution in [3.05, 3.63) is 0 Å². The van der Waals surface area contributed by atoms with E-state index in [0.29, 0.717) is 6.42 Å². The summed E-state index contributed by atoms with van der Waals surface area (Å²) in [4.78, 5) is 157. The molecule has 0 aromatic rings. The van der Waals surface area contributed by atoms with Gasteiger partial charge in [0, 0.05) is 40.0 Å². The number of aliphatic carboxylic acids is 2. The quantitative estimate of drug-likeness (QED) is 0.0154. The molecule has 0 heterocycles. The van der Waals surface area contributed by atoms with Crippen LogP contribution in [0.3, 0.4) is 0 Å². The Morgan fingerprint density at radius 3 is 1.06 bits per heavy atom. The van der Waals surface area contributed by atoms with Crippen molar-refractivity contribution < 1.29 is 78.0 Å². The van der Waals surface area contributed by atoms with E-state index in [9.17, 15) is 78.0 Å². The van der Waals surface area contributed by atoms with E-state index in [1.54, 1.807) is 0 Å². The first-order valence-electron chi connectivity index (χ1n) is 25.6. The minimum atomic E-state index is -1.79. The molecule has 81 heavy (non-hydrogen) atoms. The zero-order valence-electron chi connectivity index (χ0n) is 45.4. The number of likely N-dealkylation sites (N-methyl/N-ethyl adjacent to an activating group) is 1. The number of aliphatic hydroxyl groups is 2. The van der Waals surface area contributed by atoms with Gasteiger partial charge in [0.1, 0.15) is 54.4 Å². The molecule has 0 unspecified atom stereocenters. The molecule has 0 bridgehead atoms. The number of aliphatic hydroxyl groups excluding tert-OH is 2. The van der Waals surface area contributed by atoms with Crippen LogP contribution in [0.5, 0.6) is 0 Å². The Labute approximate surface area is 465 Å². The molecular formula is C45H82N20O16. The Morgan fingerprint density at radius 2 is 0.741 bits per heavy atom. The molecule has 0 saturated heterocycles. The lowest BCUT2D eigenvalue weighted by Gasteiger charge is -2.28. The minimum Gasteiger partial charge on any atom is -0.481 e. The Bertz CT molecular complexity index is 2190. The number of hydrogen-bond donors (Lipinski definition) is 24. The van der Waals surface area contributed by atoms with Crippen LogP contribution in [0, 0.1) is 16.2 Å². The Kier molecular flexibility index (Phi) is 35.4. The molecular weight excluding hydrogens is 1080 g/mol.